The Bertz CT molecular complexity index is 1110. The highest BCUT2D eigenvalue weighted by Gasteiger charge is 2.24. The van der Waals surface area contributed by atoms with Gasteiger partial charge in [-0.25, -0.2) is 4.79 Å². The summed E-state index contributed by atoms with van der Waals surface area (Å²) < 4.78 is 11.9. The number of aryl methyl sites for hydroxylation is 1. The zero-order valence-corrected chi connectivity index (χ0v) is 18.1. The van der Waals surface area contributed by atoms with Gasteiger partial charge in [-0.15, -0.1) is 0 Å². The van der Waals surface area contributed by atoms with E-state index in [1.807, 2.05) is 48.0 Å². The fraction of sp³-hybridized carbons (Fsp3) is 0.208. The second-order valence-corrected chi connectivity index (χ2v) is 7.89. The molecule has 0 fully saturated rings. The van der Waals surface area contributed by atoms with E-state index in [2.05, 4.69) is 0 Å². The molecule has 0 aliphatic carbocycles. The van der Waals surface area contributed by atoms with Gasteiger partial charge in [-0.05, 0) is 59.0 Å². The number of carboxylic acid groups (broad SMARTS) is 2. The molecule has 8 heteroatoms. The summed E-state index contributed by atoms with van der Waals surface area (Å²) in [6.45, 7) is 2.17. The highest BCUT2D eigenvalue weighted by Crippen LogP contribution is 2.33. The van der Waals surface area contributed by atoms with E-state index in [4.69, 9.17) is 14.6 Å². The lowest BCUT2D eigenvalue weighted by Gasteiger charge is -2.22. The number of thiophene rings is 1. The highest BCUT2D eigenvalue weighted by atomic mass is 32.1. The fourth-order valence-corrected chi connectivity index (χ4v) is 3.82. The molecule has 1 atom stereocenters. The second-order valence-electron chi connectivity index (χ2n) is 7.11. The molecule has 2 aromatic carbocycles. The highest BCUT2D eigenvalue weighted by molar-refractivity contribution is 7.07. The number of carboxylic acids is 2. The van der Waals surface area contributed by atoms with Crippen molar-refractivity contribution in [2.24, 2.45) is 0 Å². The molecule has 2 N–H and O–H groups in total. The first kappa shape index (κ1) is 23.0. The maximum Gasteiger partial charge on any atom is 0.377 e. The van der Waals surface area contributed by atoms with Gasteiger partial charge in [0.15, 0.2) is 0 Å². The first-order valence-corrected chi connectivity index (χ1v) is 10.8. The molecule has 1 heterocycles. The number of hydrogen-bond donors (Lipinski definition) is 2. The number of ether oxygens (including phenoxy) is 2. The van der Waals surface area contributed by atoms with Crippen LogP contribution in [0.3, 0.4) is 0 Å². The molecule has 0 aliphatic heterocycles. The van der Waals surface area contributed by atoms with Crippen LogP contribution in [0.15, 0.2) is 59.3 Å². The van der Waals surface area contributed by atoms with Crippen molar-refractivity contribution >= 4 is 29.1 Å². The summed E-state index contributed by atoms with van der Waals surface area (Å²) in [5, 5.41) is 22.2. The monoisotopic (exact) mass is 454 g/mol. The number of ketones is 1. The zero-order chi connectivity index (χ0) is 23.1. The van der Waals surface area contributed by atoms with E-state index in [-0.39, 0.29) is 24.2 Å². The molecule has 0 amide bonds. The van der Waals surface area contributed by atoms with Crippen molar-refractivity contribution in [1.82, 2.24) is 0 Å². The number of benzene rings is 2. The lowest BCUT2D eigenvalue weighted by atomic mass is 9.99. The van der Waals surface area contributed by atoms with Gasteiger partial charge in [0.05, 0.1) is 5.56 Å². The number of aliphatic carboxylic acids is 2. The van der Waals surface area contributed by atoms with Crippen LogP contribution in [-0.4, -0.2) is 27.9 Å². The molecule has 0 radical (unpaired) electrons. The predicted molar refractivity (Wildman–Crippen MR) is 118 cm³/mol. The van der Waals surface area contributed by atoms with Crippen LogP contribution in [0.5, 0.6) is 11.5 Å². The minimum Gasteiger partial charge on any atom is -0.489 e. The van der Waals surface area contributed by atoms with Gasteiger partial charge >= 0.3 is 11.9 Å². The number of Topliss-reactive ketones (excluding diaryl/α,β-unsaturated/α-hetero) is 1. The molecule has 1 aromatic heterocycles. The van der Waals surface area contributed by atoms with Crippen LogP contribution in [-0.2, 0) is 16.2 Å². The van der Waals surface area contributed by atoms with Crippen molar-refractivity contribution in [1.29, 1.82) is 0 Å². The number of carbonyl (C=O) groups excluding carboxylic acids is 1. The van der Waals surface area contributed by atoms with Crippen molar-refractivity contribution in [3.05, 3.63) is 81.5 Å². The lowest BCUT2D eigenvalue weighted by molar-refractivity contribution is -0.137. The standard InChI is InChI=1S/C24H22O7S/c1-15-4-2-3-5-18(15)20(8-9-22(25)26)31-21-12-17(30-13-16-10-11-32-14-16)6-7-19(21)23(27)24(28)29/h2-7,10-12,14,20H,8-9,13H2,1H3,(H,25,26)(H,28,29)/t20-/m0/s1. The number of carbonyl (C=O) groups is 3. The summed E-state index contributed by atoms with van der Waals surface area (Å²) >= 11 is 1.54. The van der Waals surface area contributed by atoms with E-state index in [1.54, 1.807) is 11.3 Å². The molecule has 0 bridgehead atoms. The summed E-state index contributed by atoms with van der Waals surface area (Å²) in [4.78, 5) is 34.8. The Balaban J connectivity index is 1.95. The van der Waals surface area contributed by atoms with Gasteiger partial charge in [0.2, 0.25) is 0 Å². The average Bonchev–Trinajstić information content (AvgIpc) is 3.29. The zero-order valence-electron chi connectivity index (χ0n) is 17.3. The van der Waals surface area contributed by atoms with Gasteiger partial charge in [-0.3, -0.25) is 9.59 Å². The Kier molecular flexibility index (Phi) is 7.62. The quantitative estimate of drug-likeness (QED) is 0.314. The van der Waals surface area contributed by atoms with Crippen LogP contribution in [0.1, 0.15) is 46.0 Å². The normalized spacial score (nSPS) is 11.5. The predicted octanol–water partition coefficient (Wildman–Crippen LogP) is 4.89. The first-order chi connectivity index (χ1) is 15.3. The minimum atomic E-state index is -1.61. The Morgan fingerprint density at radius 1 is 1.06 bits per heavy atom. The maximum absolute atomic E-state index is 12.3. The third-order valence-electron chi connectivity index (χ3n) is 4.80. The van der Waals surface area contributed by atoms with E-state index in [0.29, 0.717) is 12.4 Å². The third kappa shape index (κ3) is 5.95. The van der Waals surface area contributed by atoms with Gasteiger partial charge in [0, 0.05) is 12.5 Å². The average molecular weight is 455 g/mol. The maximum atomic E-state index is 12.3. The Hall–Kier alpha value is -3.65. The van der Waals surface area contributed by atoms with Gasteiger partial charge in [-0.2, -0.15) is 11.3 Å². The van der Waals surface area contributed by atoms with E-state index in [0.717, 1.165) is 16.7 Å². The van der Waals surface area contributed by atoms with Crippen LogP contribution >= 0.6 is 11.3 Å². The second kappa shape index (κ2) is 10.6. The molecule has 0 spiro atoms. The Morgan fingerprint density at radius 3 is 2.50 bits per heavy atom. The summed E-state index contributed by atoms with van der Waals surface area (Å²) in [5.41, 5.74) is 2.49. The van der Waals surface area contributed by atoms with Gasteiger partial charge < -0.3 is 19.7 Å². The molecule has 0 saturated heterocycles. The smallest absolute Gasteiger partial charge is 0.377 e. The molecule has 0 aliphatic rings. The number of hydrogen-bond acceptors (Lipinski definition) is 6. The van der Waals surface area contributed by atoms with Crippen LogP contribution in [0.2, 0.25) is 0 Å². The largest absolute Gasteiger partial charge is 0.489 e. The molecule has 3 rings (SSSR count). The summed E-state index contributed by atoms with van der Waals surface area (Å²) in [6.07, 6.45) is -0.712. The minimum absolute atomic E-state index is 0.0267. The van der Waals surface area contributed by atoms with Crippen LogP contribution in [0.25, 0.3) is 0 Å². The number of rotatable bonds is 11. The molecule has 166 valence electrons. The molecular weight excluding hydrogens is 432 g/mol. The molecule has 32 heavy (non-hydrogen) atoms. The van der Waals surface area contributed by atoms with Crippen molar-refractivity contribution in [3.8, 4) is 11.5 Å². The van der Waals surface area contributed by atoms with Gasteiger partial charge in [0.1, 0.15) is 24.2 Å². The summed E-state index contributed by atoms with van der Waals surface area (Å²) in [7, 11) is 0. The topological polar surface area (TPSA) is 110 Å². The Labute approximate surface area is 188 Å². The van der Waals surface area contributed by atoms with Crippen molar-refractivity contribution in [2.75, 3.05) is 0 Å². The molecular formula is C24H22O7S. The molecule has 0 unspecified atom stereocenters. The van der Waals surface area contributed by atoms with E-state index in [9.17, 15) is 19.5 Å². The summed E-state index contributed by atoms with van der Waals surface area (Å²) in [6, 6.07) is 13.6. The van der Waals surface area contributed by atoms with E-state index >= 15 is 0 Å². The van der Waals surface area contributed by atoms with Crippen molar-refractivity contribution in [2.45, 2.75) is 32.5 Å². The van der Waals surface area contributed by atoms with Gasteiger partial charge in [-0.1, -0.05) is 24.3 Å². The van der Waals surface area contributed by atoms with Crippen molar-refractivity contribution < 1.29 is 34.1 Å². The van der Waals surface area contributed by atoms with Crippen LogP contribution < -0.4 is 9.47 Å². The SMILES string of the molecule is Cc1ccccc1[C@H](CCC(=O)O)Oc1cc(OCc2ccsc2)ccc1C(=O)C(=O)O. The van der Waals surface area contributed by atoms with Crippen LogP contribution in [0.4, 0.5) is 0 Å². The molecule has 7 nitrogen and oxygen atoms in total. The van der Waals surface area contributed by atoms with Crippen LogP contribution in [0, 0.1) is 6.92 Å². The summed E-state index contributed by atoms with van der Waals surface area (Å²) in [5.74, 6) is -3.29. The van der Waals surface area contributed by atoms with E-state index in [1.165, 1.54) is 18.2 Å². The molecule has 3 aromatic rings. The lowest BCUT2D eigenvalue weighted by Crippen LogP contribution is -2.17. The third-order valence-corrected chi connectivity index (χ3v) is 5.53. The van der Waals surface area contributed by atoms with E-state index < -0.39 is 23.8 Å². The Morgan fingerprint density at radius 2 is 1.84 bits per heavy atom. The molecule has 0 saturated carbocycles. The fourth-order valence-electron chi connectivity index (χ4n) is 3.17. The first-order valence-electron chi connectivity index (χ1n) is 9.84. The van der Waals surface area contributed by atoms with Gasteiger partial charge in [0.25, 0.3) is 5.78 Å². The van der Waals surface area contributed by atoms with Crippen molar-refractivity contribution in [3.63, 3.8) is 0 Å².